The van der Waals surface area contributed by atoms with E-state index in [0.717, 1.165) is 30.1 Å². The maximum absolute atomic E-state index is 13.4. The zero-order chi connectivity index (χ0) is 14.4. The number of likely N-dealkylation sites (N-methyl/N-ethyl adjacent to an activating group) is 1. The van der Waals surface area contributed by atoms with Crippen molar-refractivity contribution in [1.29, 1.82) is 0 Å². The van der Waals surface area contributed by atoms with Gasteiger partial charge in [0.05, 0.1) is 0 Å². The van der Waals surface area contributed by atoms with Crippen LogP contribution in [0.1, 0.15) is 24.0 Å². The van der Waals surface area contributed by atoms with Gasteiger partial charge in [0.25, 0.3) is 0 Å². The molecule has 0 fully saturated rings. The van der Waals surface area contributed by atoms with E-state index >= 15 is 0 Å². The van der Waals surface area contributed by atoms with Crippen LogP contribution in [-0.4, -0.2) is 13.1 Å². The summed E-state index contributed by atoms with van der Waals surface area (Å²) in [5.74, 6) is 0.0759. The molecule has 0 aliphatic rings. The lowest BCUT2D eigenvalue weighted by Crippen LogP contribution is -2.22. The van der Waals surface area contributed by atoms with Gasteiger partial charge in [-0.15, -0.1) is 0 Å². The first kappa shape index (κ1) is 15.0. The minimum Gasteiger partial charge on any atom is -0.316 e. The zero-order valence-electron chi connectivity index (χ0n) is 11.6. The van der Waals surface area contributed by atoms with Crippen LogP contribution >= 0.6 is 11.6 Å². The van der Waals surface area contributed by atoms with E-state index in [1.54, 1.807) is 12.1 Å². The Balaban J connectivity index is 2.16. The van der Waals surface area contributed by atoms with Crippen LogP contribution in [0.4, 0.5) is 4.39 Å². The second-order valence-corrected chi connectivity index (χ2v) is 5.33. The van der Waals surface area contributed by atoms with Crippen molar-refractivity contribution >= 4 is 11.6 Å². The topological polar surface area (TPSA) is 12.0 Å². The van der Waals surface area contributed by atoms with Crippen molar-refractivity contribution in [3.8, 4) is 0 Å². The van der Waals surface area contributed by atoms with E-state index in [2.05, 4.69) is 12.2 Å². The molecule has 2 aromatic rings. The first-order chi connectivity index (χ1) is 9.69. The molecule has 0 saturated heterocycles. The standard InChI is InChI=1S/C17H19ClFN/c1-2-20-12-15(14-4-3-5-17(19)11-14)10-13-6-8-16(18)9-7-13/h3-9,11,15,20H,2,10,12H2,1H3. The van der Waals surface area contributed by atoms with Crippen LogP contribution in [0.5, 0.6) is 0 Å². The molecule has 0 bridgehead atoms. The first-order valence-corrected chi connectivity index (χ1v) is 7.27. The Morgan fingerprint density at radius 3 is 2.55 bits per heavy atom. The maximum Gasteiger partial charge on any atom is 0.123 e. The lowest BCUT2D eigenvalue weighted by atomic mass is 9.92. The Bertz CT molecular complexity index is 539. The highest BCUT2D eigenvalue weighted by Gasteiger charge is 2.12. The third-order valence-corrected chi connectivity index (χ3v) is 3.61. The fraction of sp³-hybridized carbons (Fsp3) is 0.294. The maximum atomic E-state index is 13.4. The molecule has 0 aliphatic carbocycles. The average molecular weight is 292 g/mol. The van der Waals surface area contributed by atoms with Crippen LogP contribution in [0.2, 0.25) is 5.02 Å². The summed E-state index contributed by atoms with van der Waals surface area (Å²) >= 11 is 5.91. The van der Waals surface area contributed by atoms with Crippen LogP contribution in [0.3, 0.4) is 0 Å². The van der Waals surface area contributed by atoms with Gasteiger partial charge in [-0.1, -0.05) is 42.8 Å². The Labute approximate surface area is 124 Å². The Morgan fingerprint density at radius 2 is 1.90 bits per heavy atom. The molecule has 106 valence electrons. The number of halogens is 2. The second-order valence-electron chi connectivity index (χ2n) is 4.89. The summed E-state index contributed by atoms with van der Waals surface area (Å²) in [6.07, 6.45) is 0.869. The monoisotopic (exact) mass is 291 g/mol. The van der Waals surface area contributed by atoms with Crippen LogP contribution in [0.15, 0.2) is 48.5 Å². The molecule has 2 aromatic carbocycles. The molecule has 0 saturated carbocycles. The third kappa shape index (κ3) is 4.32. The number of benzene rings is 2. The molecule has 0 radical (unpaired) electrons. The molecular formula is C17H19ClFN. The Kier molecular flexibility index (Phi) is 5.57. The van der Waals surface area contributed by atoms with Gasteiger partial charge in [0.1, 0.15) is 5.82 Å². The van der Waals surface area contributed by atoms with Crippen molar-refractivity contribution in [1.82, 2.24) is 5.32 Å². The first-order valence-electron chi connectivity index (χ1n) is 6.89. The largest absolute Gasteiger partial charge is 0.316 e. The molecular weight excluding hydrogens is 273 g/mol. The van der Waals surface area contributed by atoms with Gasteiger partial charge < -0.3 is 5.32 Å². The van der Waals surface area contributed by atoms with E-state index in [1.807, 2.05) is 30.3 Å². The number of rotatable bonds is 6. The van der Waals surface area contributed by atoms with E-state index in [0.29, 0.717) is 0 Å². The molecule has 1 unspecified atom stereocenters. The highest BCUT2D eigenvalue weighted by atomic mass is 35.5. The quantitative estimate of drug-likeness (QED) is 0.831. The van der Waals surface area contributed by atoms with Gasteiger partial charge in [-0.25, -0.2) is 4.39 Å². The minimum atomic E-state index is -0.180. The fourth-order valence-electron chi connectivity index (χ4n) is 2.29. The van der Waals surface area contributed by atoms with E-state index < -0.39 is 0 Å². The summed E-state index contributed by atoms with van der Waals surface area (Å²) in [6, 6.07) is 14.7. The van der Waals surface area contributed by atoms with E-state index in [-0.39, 0.29) is 11.7 Å². The molecule has 20 heavy (non-hydrogen) atoms. The molecule has 1 N–H and O–H groups in total. The minimum absolute atomic E-state index is 0.180. The summed E-state index contributed by atoms with van der Waals surface area (Å²) < 4.78 is 13.4. The molecule has 0 spiro atoms. The van der Waals surface area contributed by atoms with Gasteiger partial charge in [0.2, 0.25) is 0 Å². The summed E-state index contributed by atoms with van der Waals surface area (Å²) in [4.78, 5) is 0. The lowest BCUT2D eigenvalue weighted by Gasteiger charge is -2.18. The normalized spacial score (nSPS) is 12.3. The summed E-state index contributed by atoms with van der Waals surface area (Å²) in [6.45, 7) is 3.82. The van der Waals surface area contributed by atoms with Crippen molar-refractivity contribution in [2.75, 3.05) is 13.1 Å². The predicted molar refractivity (Wildman–Crippen MR) is 82.8 cm³/mol. The van der Waals surface area contributed by atoms with Gasteiger partial charge in [0, 0.05) is 17.5 Å². The molecule has 1 atom stereocenters. The fourth-order valence-corrected chi connectivity index (χ4v) is 2.42. The van der Waals surface area contributed by atoms with Gasteiger partial charge in [-0.05, 0) is 48.4 Å². The highest BCUT2D eigenvalue weighted by molar-refractivity contribution is 6.30. The van der Waals surface area contributed by atoms with Crippen molar-refractivity contribution in [3.63, 3.8) is 0 Å². The number of hydrogen-bond acceptors (Lipinski definition) is 1. The van der Waals surface area contributed by atoms with Crippen molar-refractivity contribution in [3.05, 3.63) is 70.5 Å². The molecule has 0 aromatic heterocycles. The molecule has 3 heteroatoms. The van der Waals surface area contributed by atoms with Crippen molar-refractivity contribution in [2.24, 2.45) is 0 Å². The summed E-state index contributed by atoms with van der Waals surface area (Å²) in [5.41, 5.74) is 2.24. The van der Waals surface area contributed by atoms with Crippen molar-refractivity contribution < 1.29 is 4.39 Å². The van der Waals surface area contributed by atoms with Gasteiger partial charge in [0.15, 0.2) is 0 Å². The average Bonchev–Trinajstić information content (AvgIpc) is 2.45. The van der Waals surface area contributed by atoms with Gasteiger partial charge in [-0.3, -0.25) is 0 Å². The van der Waals surface area contributed by atoms with Crippen LogP contribution in [0, 0.1) is 5.82 Å². The predicted octanol–water partition coefficient (Wildman–Crippen LogP) is 4.41. The highest BCUT2D eigenvalue weighted by Crippen LogP contribution is 2.22. The second kappa shape index (κ2) is 7.41. The summed E-state index contributed by atoms with van der Waals surface area (Å²) in [5, 5.41) is 4.09. The number of hydrogen-bond donors (Lipinski definition) is 1. The molecule has 0 amide bonds. The zero-order valence-corrected chi connectivity index (χ0v) is 12.3. The Hall–Kier alpha value is -1.38. The van der Waals surface area contributed by atoms with Crippen molar-refractivity contribution in [2.45, 2.75) is 19.3 Å². The van der Waals surface area contributed by atoms with Crippen LogP contribution in [0.25, 0.3) is 0 Å². The smallest absolute Gasteiger partial charge is 0.123 e. The lowest BCUT2D eigenvalue weighted by molar-refractivity contribution is 0.583. The van der Waals surface area contributed by atoms with Gasteiger partial charge >= 0.3 is 0 Å². The van der Waals surface area contributed by atoms with Crippen LogP contribution in [-0.2, 0) is 6.42 Å². The molecule has 0 aliphatic heterocycles. The SMILES string of the molecule is CCNCC(Cc1ccc(Cl)cc1)c1cccc(F)c1. The number of nitrogens with one attached hydrogen (secondary N) is 1. The molecule has 0 heterocycles. The summed E-state index contributed by atoms with van der Waals surface area (Å²) in [7, 11) is 0. The molecule has 1 nitrogen and oxygen atoms in total. The van der Waals surface area contributed by atoms with E-state index in [9.17, 15) is 4.39 Å². The Morgan fingerprint density at radius 1 is 1.15 bits per heavy atom. The van der Waals surface area contributed by atoms with Crippen LogP contribution < -0.4 is 5.32 Å². The van der Waals surface area contributed by atoms with E-state index in [4.69, 9.17) is 11.6 Å². The van der Waals surface area contributed by atoms with E-state index in [1.165, 1.54) is 11.6 Å². The molecule has 2 rings (SSSR count). The third-order valence-electron chi connectivity index (χ3n) is 3.36. The van der Waals surface area contributed by atoms with Gasteiger partial charge in [-0.2, -0.15) is 0 Å².